The van der Waals surface area contributed by atoms with Crippen molar-refractivity contribution in [2.45, 2.75) is 32.7 Å². The Kier molecular flexibility index (Phi) is 3.48. The molecule has 18 heavy (non-hydrogen) atoms. The van der Waals surface area contributed by atoms with Crippen molar-refractivity contribution in [3.8, 4) is 0 Å². The molecule has 0 spiro atoms. The lowest BCUT2D eigenvalue weighted by Gasteiger charge is -2.26. The van der Waals surface area contributed by atoms with Gasteiger partial charge in [0.15, 0.2) is 0 Å². The summed E-state index contributed by atoms with van der Waals surface area (Å²) in [5.41, 5.74) is 8.73. The highest BCUT2D eigenvalue weighted by molar-refractivity contribution is 9.10. The SMILES string of the molecule is CCC(C)(C)Nc1ccc(N)c2cc(Br)cnc12. The number of nitrogens with two attached hydrogens (primary N) is 1. The van der Waals surface area contributed by atoms with Crippen LogP contribution in [0.2, 0.25) is 0 Å². The fourth-order valence-corrected chi connectivity index (χ4v) is 2.10. The van der Waals surface area contributed by atoms with Crippen LogP contribution >= 0.6 is 15.9 Å². The molecule has 1 aromatic heterocycles. The van der Waals surface area contributed by atoms with E-state index < -0.39 is 0 Å². The fraction of sp³-hybridized carbons (Fsp3) is 0.357. The van der Waals surface area contributed by atoms with E-state index in [1.807, 2.05) is 18.2 Å². The summed E-state index contributed by atoms with van der Waals surface area (Å²) in [5.74, 6) is 0. The second kappa shape index (κ2) is 4.76. The van der Waals surface area contributed by atoms with E-state index in [1.165, 1.54) is 0 Å². The van der Waals surface area contributed by atoms with Gasteiger partial charge < -0.3 is 11.1 Å². The number of aromatic nitrogens is 1. The normalized spacial score (nSPS) is 11.8. The number of halogens is 1. The minimum absolute atomic E-state index is 0.0395. The number of nitrogens with one attached hydrogen (secondary N) is 1. The zero-order valence-corrected chi connectivity index (χ0v) is 12.5. The van der Waals surface area contributed by atoms with Gasteiger partial charge in [-0.05, 0) is 54.4 Å². The van der Waals surface area contributed by atoms with E-state index in [9.17, 15) is 0 Å². The lowest BCUT2D eigenvalue weighted by Crippen LogP contribution is -2.29. The van der Waals surface area contributed by atoms with Crippen molar-refractivity contribution in [1.29, 1.82) is 0 Å². The molecule has 4 heteroatoms. The van der Waals surface area contributed by atoms with Gasteiger partial charge in [0.2, 0.25) is 0 Å². The van der Waals surface area contributed by atoms with Gasteiger partial charge in [-0.3, -0.25) is 4.98 Å². The summed E-state index contributed by atoms with van der Waals surface area (Å²) in [6.07, 6.45) is 2.83. The van der Waals surface area contributed by atoms with E-state index in [2.05, 4.69) is 47.0 Å². The van der Waals surface area contributed by atoms with Gasteiger partial charge in [0.1, 0.15) is 0 Å². The highest BCUT2D eigenvalue weighted by atomic mass is 79.9. The minimum atomic E-state index is 0.0395. The summed E-state index contributed by atoms with van der Waals surface area (Å²) in [6, 6.07) is 5.92. The molecule has 2 rings (SSSR count). The lowest BCUT2D eigenvalue weighted by molar-refractivity contribution is 0.548. The number of rotatable bonds is 3. The van der Waals surface area contributed by atoms with E-state index in [0.717, 1.165) is 33.2 Å². The third kappa shape index (κ3) is 2.58. The molecule has 0 unspecified atom stereocenters. The standard InChI is InChI=1S/C14H18BrN3/c1-4-14(2,3)18-12-6-5-11(16)10-7-9(15)8-17-13(10)12/h5-8,18H,4,16H2,1-3H3. The summed E-state index contributed by atoms with van der Waals surface area (Å²) in [7, 11) is 0. The Bertz CT molecular complexity index is 579. The Morgan fingerprint density at radius 1 is 1.39 bits per heavy atom. The topological polar surface area (TPSA) is 50.9 Å². The van der Waals surface area contributed by atoms with Crippen molar-refractivity contribution in [2.24, 2.45) is 0 Å². The number of nitrogens with zero attached hydrogens (tertiary/aromatic N) is 1. The van der Waals surface area contributed by atoms with Gasteiger partial charge >= 0.3 is 0 Å². The molecule has 2 aromatic rings. The molecule has 0 bridgehead atoms. The van der Waals surface area contributed by atoms with Crippen LogP contribution in [0.3, 0.4) is 0 Å². The lowest BCUT2D eigenvalue weighted by atomic mass is 10.0. The number of benzene rings is 1. The molecule has 0 saturated heterocycles. The third-order valence-electron chi connectivity index (χ3n) is 3.21. The predicted molar refractivity (Wildman–Crippen MR) is 81.8 cm³/mol. The maximum absolute atomic E-state index is 6.00. The van der Waals surface area contributed by atoms with Gasteiger partial charge in [0, 0.05) is 27.3 Å². The van der Waals surface area contributed by atoms with Crippen LogP contribution in [0.15, 0.2) is 28.9 Å². The van der Waals surface area contributed by atoms with E-state index in [0.29, 0.717) is 0 Å². The van der Waals surface area contributed by atoms with Crippen molar-refractivity contribution in [1.82, 2.24) is 4.98 Å². The second-order valence-corrected chi connectivity index (χ2v) is 6.03. The molecule has 96 valence electrons. The van der Waals surface area contributed by atoms with Gasteiger partial charge in [-0.1, -0.05) is 6.92 Å². The Morgan fingerprint density at radius 3 is 2.78 bits per heavy atom. The minimum Gasteiger partial charge on any atom is -0.398 e. The van der Waals surface area contributed by atoms with Crippen LogP contribution in [0.25, 0.3) is 10.9 Å². The molecule has 0 radical (unpaired) electrons. The fourth-order valence-electron chi connectivity index (χ4n) is 1.77. The first-order valence-corrected chi connectivity index (χ1v) is 6.84. The molecule has 0 atom stereocenters. The predicted octanol–water partition coefficient (Wildman–Crippen LogP) is 4.18. The van der Waals surface area contributed by atoms with Gasteiger partial charge in [-0.25, -0.2) is 0 Å². The quantitative estimate of drug-likeness (QED) is 0.836. The molecule has 0 amide bonds. The van der Waals surface area contributed by atoms with Crippen LogP contribution in [0.1, 0.15) is 27.2 Å². The largest absolute Gasteiger partial charge is 0.398 e. The summed E-state index contributed by atoms with van der Waals surface area (Å²) in [4.78, 5) is 4.47. The monoisotopic (exact) mass is 307 g/mol. The second-order valence-electron chi connectivity index (χ2n) is 5.11. The third-order valence-corrected chi connectivity index (χ3v) is 3.64. The van der Waals surface area contributed by atoms with Gasteiger partial charge in [0.25, 0.3) is 0 Å². The van der Waals surface area contributed by atoms with Crippen molar-refractivity contribution in [2.75, 3.05) is 11.1 Å². The Hall–Kier alpha value is -1.29. The van der Waals surface area contributed by atoms with Crippen LogP contribution in [0.5, 0.6) is 0 Å². The van der Waals surface area contributed by atoms with E-state index in [1.54, 1.807) is 6.20 Å². The van der Waals surface area contributed by atoms with Crippen LogP contribution in [0, 0.1) is 0 Å². The summed E-state index contributed by atoms with van der Waals surface area (Å²) in [5, 5.41) is 4.50. The van der Waals surface area contributed by atoms with Gasteiger partial charge in [0.05, 0.1) is 11.2 Å². The molecular formula is C14H18BrN3. The van der Waals surface area contributed by atoms with Crippen LogP contribution in [-0.4, -0.2) is 10.5 Å². The van der Waals surface area contributed by atoms with E-state index in [-0.39, 0.29) is 5.54 Å². The average Bonchev–Trinajstić information content (AvgIpc) is 2.33. The van der Waals surface area contributed by atoms with Crippen LogP contribution in [0.4, 0.5) is 11.4 Å². The molecule has 0 fully saturated rings. The summed E-state index contributed by atoms with van der Waals surface area (Å²) < 4.78 is 0.939. The average molecular weight is 308 g/mol. The van der Waals surface area contributed by atoms with Gasteiger partial charge in [-0.2, -0.15) is 0 Å². The van der Waals surface area contributed by atoms with Crippen LogP contribution < -0.4 is 11.1 Å². The number of fused-ring (bicyclic) bond motifs is 1. The van der Waals surface area contributed by atoms with E-state index >= 15 is 0 Å². The Balaban J connectivity index is 2.56. The molecular weight excluding hydrogens is 290 g/mol. The van der Waals surface area contributed by atoms with Crippen molar-refractivity contribution in [3.63, 3.8) is 0 Å². The first kappa shape index (κ1) is 13.1. The first-order valence-electron chi connectivity index (χ1n) is 6.05. The number of anilines is 2. The maximum atomic E-state index is 6.00. The van der Waals surface area contributed by atoms with Gasteiger partial charge in [-0.15, -0.1) is 0 Å². The smallest absolute Gasteiger partial charge is 0.0954 e. The Morgan fingerprint density at radius 2 is 2.11 bits per heavy atom. The number of pyridine rings is 1. The molecule has 3 N–H and O–H groups in total. The number of nitrogen functional groups attached to an aromatic ring is 1. The Labute approximate surface area is 116 Å². The zero-order valence-electron chi connectivity index (χ0n) is 10.9. The molecule has 0 aliphatic carbocycles. The summed E-state index contributed by atoms with van der Waals surface area (Å²) >= 11 is 3.43. The van der Waals surface area contributed by atoms with Crippen molar-refractivity contribution >= 4 is 38.2 Å². The molecule has 1 aromatic carbocycles. The molecule has 3 nitrogen and oxygen atoms in total. The first-order chi connectivity index (χ1) is 8.43. The molecule has 0 aliphatic heterocycles. The van der Waals surface area contributed by atoms with E-state index in [4.69, 9.17) is 5.73 Å². The highest BCUT2D eigenvalue weighted by Gasteiger charge is 2.16. The van der Waals surface area contributed by atoms with Crippen molar-refractivity contribution < 1.29 is 0 Å². The molecule has 0 aliphatic rings. The van der Waals surface area contributed by atoms with Crippen molar-refractivity contribution in [3.05, 3.63) is 28.9 Å². The van der Waals surface area contributed by atoms with Crippen LogP contribution in [-0.2, 0) is 0 Å². The summed E-state index contributed by atoms with van der Waals surface area (Å²) in [6.45, 7) is 6.51. The number of hydrogen-bond donors (Lipinski definition) is 2. The zero-order chi connectivity index (χ0) is 13.3. The molecule has 1 heterocycles. The highest BCUT2D eigenvalue weighted by Crippen LogP contribution is 2.30. The molecule has 0 saturated carbocycles. The number of hydrogen-bond acceptors (Lipinski definition) is 3. The maximum Gasteiger partial charge on any atom is 0.0954 e.